The lowest BCUT2D eigenvalue weighted by Crippen LogP contribution is -2.49. The number of rotatable bonds is 4. The van der Waals surface area contributed by atoms with E-state index < -0.39 is 6.09 Å². The van der Waals surface area contributed by atoms with Crippen molar-refractivity contribution in [2.24, 2.45) is 0 Å². The number of carboxylic acid groups (broad SMARTS) is 1. The summed E-state index contributed by atoms with van der Waals surface area (Å²) >= 11 is 0. The summed E-state index contributed by atoms with van der Waals surface area (Å²) in [7, 11) is 5.76. The van der Waals surface area contributed by atoms with Gasteiger partial charge in [-0.05, 0) is 39.6 Å². The third kappa shape index (κ3) is 2.71. The third-order valence-corrected chi connectivity index (χ3v) is 3.75. The molecule has 0 heterocycles. The molecule has 1 amide bonds. The minimum atomic E-state index is -0.827. The Morgan fingerprint density at radius 2 is 2.06 bits per heavy atom. The van der Waals surface area contributed by atoms with Gasteiger partial charge in [-0.2, -0.15) is 9.28 Å². The van der Waals surface area contributed by atoms with Crippen molar-refractivity contribution in [2.45, 2.75) is 19.9 Å². The van der Waals surface area contributed by atoms with Crippen molar-refractivity contribution in [2.75, 3.05) is 27.7 Å². The van der Waals surface area contributed by atoms with Crippen molar-refractivity contribution in [3.8, 4) is 0 Å². The lowest BCUT2D eigenvalue weighted by atomic mass is 10.1. The lowest BCUT2D eigenvalue weighted by Gasteiger charge is -2.27. The molecular weight excluding hydrogens is 228 g/mol. The van der Waals surface area contributed by atoms with Gasteiger partial charge < -0.3 is 10.0 Å². The molecule has 0 bridgehead atoms. The van der Waals surface area contributed by atoms with E-state index in [0.717, 1.165) is 11.3 Å². The quantitative estimate of drug-likeness (QED) is 0.836. The Morgan fingerprint density at radius 1 is 1.44 bits per heavy atom. The first-order valence-corrected chi connectivity index (χ1v) is 6.19. The van der Waals surface area contributed by atoms with Gasteiger partial charge in [0.05, 0.1) is 13.6 Å². The summed E-state index contributed by atoms with van der Waals surface area (Å²) in [4.78, 5) is 13.5. The van der Waals surface area contributed by atoms with E-state index in [1.165, 1.54) is 0 Å². The lowest BCUT2D eigenvalue weighted by molar-refractivity contribution is 0.158. The highest BCUT2D eigenvalue weighted by Crippen LogP contribution is 2.26. The van der Waals surface area contributed by atoms with Crippen LogP contribution in [-0.4, -0.2) is 43.8 Å². The summed E-state index contributed by atoms with van der Waals surface area (Å²) in [5, 5.41) is 9.39. The van der Waals surface area contributed by atoms with Crippen LogP contribution in [0.3, 0.4) is 0 Å². The van der Waals surface area contributed by atoms with Crippen LogP contribution >= 0.6 is 0 Å². The van der Waals surface area contributed by atoms with Gasteiger partial charge in [-0.3, -0.25) is 0 Å². The van der Waals surface area contributed by atoms with E-state index >= 15 is 0 Å². The molecule has 0 aliphatic rings. The van der Waals surface area contributed by atoms with Crippen LogP contribution in [0.4, 0.5) is 10.5 Å². The summed E-state index contributed by atoms with van der Waals surface area (Å²) in [5.41, 5.74) is 1.95. The van der Waals surface area contributed by atoms with E-state index in [1.54, 1.807) is 7.05 Å². The van der Waals surface area contributed by atoms with Gasteiger partial charge in [-0.1, -0.05) is 12.1 Å². The third-order valence-electron chi connectivity index (χ3n) is 3.75. The normalized spacial score (nSPS) is 16.3. The zero-order valence-electron chi connectivity index (χ0n) is 11.8. The molecule has 0 saturated carbocycles. The molecule has 1 aromatic rings. The average molecular weight is 251 g/mol. The summed E-state index contributed by atoms with van der Waals surface area (Å²) < 4.78 is -0.0893. The molecule has 0 saturated heterocycles. The molecular formula is C14H23N2O2+. The molecule has 0 aliphatic heterocycles. The van der Waals surface area contributed by atoms with Gasteiger partial charge in [-0.25, -0.2) is 0 Å². The molecule has 0 aliphatic carbocycles. The maximum Gasteiger partial charge on any atom is 0.518 e. The van der Waals surface area contributed by atoms with Gasteiger partial charge >= 0.3 is 6.09 Å². The van der Waals surface area contributed by atoms with Crippen LogP contribution in [0.15, 0.2) is 24.3 Å². The van der Waals surface area contributed by atoms with Crippen molar-refractivity contribution in [3.63, 3.8) is 0 Å². The van der Waals surface area contributed by atoms with Crippen molar-refractivity contribution in [1.29, 1.82) is 0 Å². The van der Waals surface area contributed by atoms with Crippen LogP contribution in [0.2, 0.25) is 0 Å². The van der Waals surface area contributed by atoms with Crippen LogP contribution in [0.1, 0.15) is 25.5 Å². The van der Waals surface area contributed by atoms with Crippen molar-refractivity contribution < 1.29 is 9.90 Å². The molecule has 0 unspecified atom stereocenters. The number of nitrogens with zero attached hydrogens (tertiary/aromatic N) is 2. The van der Waals surface area contributed by atoms with E-state index in [-0.39, 0.29) is 10.5 Å². The minimum absolute atomic E-state index is 0.0893. The smallest absolute Gasteiger partial charge is 0.435 e. The topological polar surface area (TPSA) is 40.5 Å². The molecule has 18 heavy (non-hydrogen) atoms. The van der Waals surface area contributed by atoms with Crippen molar-refractivity contribution in [3.05, 3.63) is 29.8 Å². The van der Waals surface area contributed by atoms with E-state index in [1.807, 2.05) is 45.3 Å². The largest absolute Gasteiger partial charge is 0.518 e. The van der Waals surface area contributed by atoms with Crippen LogP contribution in [0.5, 0.6) is 0 Å². The van der Waals surface area contributed by atoms with E-state index in [4.69, 9.17) is 0 Å². The van der Waals surface area contributed by atoms with Gasteiger partial charge in [-0.15, -0.1) is 0 Å². The second-order valence-corrected chi connectivity index (χ2v) is 5.02. The van der Waals surface area contributed by atoms with E-state index in [2.05, 4.69) is 11.8 Å². The second-order valence-electron chi connectivity index (χ2n) is 5.02. The highest BCUT2D eigenvalue weighted by Gasteiger charge is 2.32. The van der Waals surface area contributed by atoms with Gasteiger partial charge in [0.25, 0.3) is 0 Å². The van der Waals surface area contributed by atoms with Gasteiger partial charge in [0.15, 0.2) is 0 Å². The summed E-state index contributed by atoms with van der Waals surface area (Å²) in [6, 6.07) is 8.10. The van der Waals surface area contributed by atoms with Crippen LogP contribution < -0.4 is 4.48 Å². The number of quaternary nitrogens is 1. The first-order chi connectivity index (χ1) is 8.32. The monoisotopic (exact) mass is 251 g/mol. The Labute approximate surface area is 109 Å². The zero-order valence-corrected chi connectivity index (χ0v) is 11.8. The van der Waals surface area contributed by atoms with E-state index in [0.29, 0.717) is 6.54 Å². The standard InChI is InChI=1S/C14H22N2O2/c1-6-16(5,14(17)18)13-9-7-8-12(10-13)11(2)15(3)4/h7-11H,6H2,1-5H3/p+1/t11-,16-/m1/s1. The Hall–Kier alpha value is -1.39. The first kappa shape index (κ1) is 14.7. The zero-order chi connectivity index (χ0) is 13.9. The number of carbonyl (C=O) groups is 1. The molecule has 0 aromatic heterocycles. The molecule has 4 nitrogen and oxygen atoms in total. The molecule has 4 heteroatoms. The number of benzene rings is 1. The maximum absolute atomic E-state index is 11.4. The van der Waals surface area contributed by atoms with Crippen molar-refractivity contribution >= 4 is 11.8 Å². The van der Waals surface area contributed by atoms with Gasteiger partial charge in [0.2, 0.25) is 0 Å². The van der Waals surface area contributed by atoms with E-state index in [9.17, 15) is 9.90 Å². The van der Waals surface area contributed by atoms with Crippen molar-refractivity contribution in [1.82, 2.24) is 9.38 Å². The number of hydrogen-bond acceptors (Lipinski definition) is 2. The van der Waals surface area contributed by atoms with Gasteiger partial charge in [0, 0.05) is 12.1 Å². The molecule has 0 radical (unpaired) electrons. The molecule has 2 atom stereocenters. The van der Waals surface area contributed by atoms with Crippen LogP contribution in [0, 0.1) is 0 Å². The molecule has 0 spiro atoms. The first-order valence-electron chi connectivity index (χ1n) is 6.19. The fourth-order valence-electron chi connectivity index (χ4n) is 1.82. The Morgan fingerprint density at radius 3 is 2.50 bits per heavy atom. The molecule has 1 N–H and O–H groups in total. The average Bonchev–Trinajstić information content (AvgIpc) is 2.36. The fourth-order valence-corrected chi connectivity index (χ4v) is 1.82. The molecule has 100 valence electrons. The SMILES string of the molecule is CC[N@@+](C)(C(=O)O)c1cccc([C@@H](C)N(C)C)c1. The predicted molar refractivity (Wildman–Crippen MR) is 74.8 cm³/mol. The molecule has 1 rings (SSSR count). The summed E-state index contributed by atoms with van der Waals surface area (Å²) in [6.45, 7) is 4.52. The molecule has 0 fully saturated rings. The maximum atomic E-state index is 11.4. The Kier molecular flexibility index (Phi) is 4.48. The predicted octanol–water partition coefficient (Wildman–Crippen LogP) is 2.94. The summed E-state index contributed by atoms with van der Waals surface area (Å²) in [5.74, 6) is 0. The molecule has 1 aromatic carbocycles. The fraction of sp³-hybridized carbons (Fsp3) is 0.500. The van der Waals surface area contributed by atoms with Gasteiger partial charge in [0.1, 0.15) is 5.69 Å². The Bertz CT molecular complexity index is 432. The minimum Gasteiger partial charge on any atom is -0.435 e. The highest BCUT2D eigenvalue weighted by atomic mass is 16.4. The number of hydrogen-bond donors (Lipinski definition) is 1. The second kappa shape index (κ2) is 5.50. The number of amides is 1. The highest BCUT2D eigenvalue weighted by molar-refractivity contribution is 5.80. The van der Waals surface area contributed by atoms with Crippen LogP contribution in [0.25, 0.3) is 0 Å². The Balaban J connectivity index is 3.20. The summed E-state index contributed by atoms with van der Waals surface area (Å²) in [6.07, 6.45) is -0.827. The van der Waals surface area contributed by atoms with Crippen LogP contribution in [-0.2, 0) is 0 Å².